The highest BCUT2D eigenvalue weighted by Gasteiger charge is 2.38. The molecule has 2 aliphatic heterocycles. The predicted octanol–water partition coefficient (Wildman–Crippen LogP) is 6.06. The highest BCUT2D eigenvalue weighted by atomic mass is 35.5. The first kappa shape index (κ1) is 26.3. The number of fused-ring (bicyclic) bond motifs is 3. The highest BCUT2D eigenvalue weighted by molar-refractivity contribution is 7.99. The average Bonchev–Trinajstić information content (AvgIpc) is 3.43. The van der Waals surface area contributed by atoms with Gasteiger partial charge in [-0.2, -0.15) is 13.2 Å². The van der Waals surface area contributed by atoms with Crippen LogP contribution in [0.4, 0.5) is 35.9 Å². The van der Waals surface area contributed by atoms with Crippen LogP contribution in [0.5, 0.6) is 0 Å². The summed E-state index contributed by atoms with van der Waals surface area (Å²) >= 11 is 1.42. The molecular formula is C25H33ClF3N5S. The van der Waals surface area contributed by atoms with Crippen molar-refractivity contribution < 1.29 is 13.2 Å². The van der Waals surface area contributed by atoms with Gasteiger partial charge in [0.1, 0.15) is 0 Å². The molecule has 0 amide bonds. The van der Waals surface area contributed by atoms with Crippen LogP contribution >= 0.6 is 24.2 Å². The van der Waals surface area contributed by atoms with Crippen molar-refractivity contribution in [1.82, 2.24) is 5.32 Å². The van der Waals surface area contributed by atoms with Gasteiger partial charge in [-0.3, -0.25) is 0 Å². The Hall–Kier alpha value is -1.81. The van der Waals surface area contributed by atoms with Gasteiger partial charge < -0.3 is 26.6 Å². The summed E-state index contributed by atoms with van der Waals surface area (Å²) in [5.74, 6) is 0.788. The van der Waals surface area contributed by atoms with Crippen molar-refractivity contribution >= 4 is 46.9 Å². The highest BCUT2D eigenvalue weighted by Crippen LogP contribution is 2.51. The Morgan fingerprint density at radius 1 is 1.06 bits per heavy atom. The van der Waals surface area contributed by atoms with Gasteiger partial charge in [-0.15, -0.1) is 12.4 Å². The molecule has 5 rings (SSSR count). The predicted molar refractivity (Wildman–Crippen MR) is 141 cm³/mol. The smallest absolute Gasteiger partial charge is 0.383 e. The first-order chi connectivity index (χ1) is 16.4. The van der Waals surface area contributed by atoms with E-state index in [1.54, 1.807) is 0 Å². The van der Waals surface area contributed by atoms with Crippen molar-refractivity contribution in [1.29, 1.82) is 0 Å². The van der Waals surface area contributed by atoms with Gasteiger partial charge in [-0.25, -0.2) is 0 Å². The molecule has 2 aromatic carbocycles. The molecule has 10 heteroatoms. The van der Waals surface area contributed by atoms with Gasteiger partial charge in [0, 0.05) is 47.7 Å². The summed E-state index contributed by atoms with van der Waals surface area (Å²) < 4.78 is 41.0. The first-order valence-corrected chi connectivity index (χ1v) is 13.0. The van der Waals surface area contributed by atoms with Gasteiger partial charge in [0.15, 0.2) is 0 Å². The number of nitrogens with two attached hydrogens (primary N) is 1. The van der Waals surface area contributed by atoms with Crippen LogP contribution in [0.15, 0.2) is 40.1 Å². The number of alkyl halides is 3. The molecule has 5 nitrogen and oxygen atoms in total. The van der Waals surface area contributed by atoms with Crippen molar-refractivity contribution in [3.8, 4) is 0 Å². The number of halogens is 4. The van der Waals surface area contributed by atoms with Gasteiger partial charge >= 0.3 is 6.18 Å². The number of nitrogens with one attached hydrogen (secondary N) is 3. The van der Waals surface area contributed by atoms with Crippen molar-refractivity contribution in [2.24, 2.45) is 11.7 Å². The SMILES string of the molecule is Cl.NCCNCCCNc1cc(C(F)(F)F)cc2c1Nc1ccc(N3CCC4CCCC43)cc1S2. The zero-order valence-corrected chi connectivity index (χ0v) is 21.2. The third kappa shape index (κ3) is 5.63. The second-order valence-electron chi connectivity index (χ2n) is 9.36. The summed E-state index contributed by atoms with van der Waals surface area (Å²) in [5.41, 5.74) is 8.17. The normalized spacial score (nSPS) is 20.5. The first-order valence-electron chi connectivity index (χ1n) is 12.2. The number of hydrogen-bond acceptors (Lipinski definition) is 6. The summed E-state index contributed by atoms with van der Waals surface area (Å²) in [4.78, 5) is 4.08. The molecule has 2 fully saturated rings. The molecule has 0 bridgehead atoms. The van der Waals surface area contributed by atoms with Crippen LogP contribution in [0.25, 0.3) is 0 Å². The summed E-state index contributed by atoms with van der Waals surface area (Å²) in [7, 11) is 0. The van der Waals surface area contributed by atoms with Gasteiger partial charge in [0.05, 0.1) is 22.6 Å². The number of rotatable bonds is 8. The van der Waals surface area contributed by atoms with E-state index in [1.807, 2.05) is 0 Å². The molecule has 0 aromatic heterocycles. The van der Waals surface area contributed by atoms with Gasteiger partial charge in [-0.05, 0) is 68.5 Å². The van der Waals surface area contributed by atoms with E-state index in [0.717, 1.165) is 42.6 Å². The Morgan fingerprint density at radius 3 is 2.71 bits per heavy atom. The monoisotopic (exact) mass is 527 g/mol. The van der Waals surface area contributed by atoms with Crippen LogP contribution < -0.4 is 26.6 Å². The fourth-order valence-corrected chi connectivity index (χ4v) is 6.57. The lowest BCUT2D eigenvalue weighted by Gasteiger charge is -2.29. The van der Waals surface area contributed by atoms with Crippen molar-refractivity contribution in [2.75, 3.05) is 48.3 Å². The average molecular weight is 528 g/mol. The quantitative estimate of drug-likeness (QED) is 0.267. The van der Waals surface area contributed by atoms with E-state index in [0.29, 0.717) is 35.4 Å². The molecule has 3 aliphatic rings. The van der Waals surface area contributed by atoms with E-state index >= 15 is 0 Å². The summed E-state index contributed by atoms with van der Waals surface area (Å²) in [5, 5.41) is 9.84. The molecule has 1 saturated heterocycles. The van der Waals surface area contributed by atoms with E-state index in [2.05, 4.69) is 39.0 Å². The second-order valence-corrected chi connectivity index (χ2v) is 10.4. The summed E-state index contributed by atoms with van der Waals surface area (Å²) in [6.07, 6.45) is 1.47. The molecule has 2 unspecified atom stereocenters. The molecule has 1 saturated carbocycles. The third-order valence-electron chi connectivity index (χ3n) is 7.13. The molecule has 0 radical (unpaired) electrons. The van der Waals surface area contributed by atoms with Crippen molar-refractivity contribution in [3.05, 3.63) is 35.9 Å². The number of benzene rings is 2. The Labute approximate surface area is 215 Å². The summed E-state index contributed by atoms with van der Waals surface area (Å²) in [6.45, 7) is 3.69. The van der Waals surface area contributed by atoms with Gasteiger partial charge in [0.2, 0.25) is 0 Å². The van der Waals surface area contributed by atoms with E-state index in [4.69, 9.17) is 5.73 Å². The molecule has 0 spiro atoms. The Morgan fingerprint density at radius 2 is 1.91 bits per heavy atom. The number of nitrogens with zero attached hydrogens (tertiary/aromatic N) is 1. The fraction of sp³-hybridized carbons (Fsp3) is 0.520. The molecule has 1 aliphatic carbocycles. The van der Waals surface area contributed by atoms with Crippen molar-refractivity contribution in [3.63, 3.8) is 0 Å². The zero-order valence-electron chi connectivity index (χ0n) is 19.6. The molecule has 2 aromatic rings. The third-order valence-corrected chi connectivity index (χ3v) is 8.23. The molecule has 2 heterocycles. The Balaban J connectivity index is 0.00000289. The van der Waals surface area contributed by atoms with E-state index in [9.17, 15) is 13.2 Å². The number of anilines is 4. The standard InChI is InChI=1S/C25H32F3N5S.ClH/c26-25(27,28)17-13-20(31-10-2-9-30-11-8-29)24-23(14-17)34-22-15-18(5-6-19(22)32-24)33-12-7-16-3-1-4-21(16)33;/h5-6,13-16,21,30-32H,1-4,7-12,29H2;1H. The topological polar surface area (TPSA) is 65.3 Å². The van der Waals surface area contributed by atoms with Crippen LogP contribution in [0, 0.1) is 5.92 Å². The number of hydrogen-bond donors (Lipinski definition) is 4. The van der Waals surface area contributed by atoms with Crippen LogP contribution in [0.1, 0.15) is 37.7 Å². The van der Waals surface area contributed by atoms with E-state index < -0.39 is 11.7 Å². The lowest BCUT2D eigenvalue weighted by atomic mass is 10.0. The van der Waals surface area contributed by atoms with E-state index in [1.165, 1.54) is 55.3 Å². The minimum atomic E-state index is -4.40. The van der Waals surface area contributed by atoms with Gasteiger partial charge in [0.25, 0.3) is 0 Å². The van der Waals surface area contributed by atoms with E-state index in [-0.39, 0.29) is 12.4 Å². The van der Waals surface area contributed by atoms with Crippen LogP contribution in [-0.2, 0) is 6.18 Å². The molecule has 5 N–H and O–H groups in total. The lowest BCUT2D eigenvalue weighted by molar-refractivity contribution is -0.137. The Kier molecular flexibility index (Phi) is 8.30. The van der Waals surface area contributed by atoms with Crippen LogP contribution in [0.3, 0.4) is 0 Å². The minimum Gasteiger partial charge on any atom is -0.383 e. The maximum Gasteiger partial charge on any atom is 0.416 e. The maximum absolute atomic E-state index is 13.7. The maximum atomic E-state index is 13.7. The molecule has 2 atom stereocenters. The largest absolute Gasteiger partial charge is 0.416 e. The fourth-order valence-electron chi connectivity index (χ4n) is 5.48. The molecular weight excluding hydrogens is 495 g/mol. The Bertz CT molecular complexity index is 1030. The van der Waals surface area contributed by atoms with Crippen LogP contribution in [0.2, 0.25) is 0 Å². The lowest BCUT2D eigenvalue weighted by Crippen LogP contribution is -2.29. The zero-order chi connectivity index (χ0) is 23.7. The van der Waals surface area contributed by atoms with Crippen LogP contribution in [-0.4, -0.2) is 38.8 Å². The van der Waals surface area contributed by atoms with Crippen molar-refractivity contribution in [2.45, 2.75) is 54.1 Å². The van der Waals surface area contributed by atoms with Gasteiger partial charge in [-0.1, -0.05) is 18.2 Å². The molecule has 35 heavy (non-hydrogen) atoms. The minimum absolute atomic E-state index is 0. The summed E-state index contributed by atoms with van der Waals surface area (Å²) in [6, 6.07) is 9.45. The molecule has 192 valence electrons. The second kappa shape index (κ2) is 11.1.